The molecular formula is C2H8CaO10P2. The minimum absolute atomic E-state index is 0. The summed E-state index contributed by atoms with van der Waals surface area (Å²) in [6.45, 7) is 1.08. The fourth-order valence-corrected chi connectivity index (χ4v) is 0. The number of aliphatic carboxylic acids is 1. The number of phosphoric acid groups is 2. The average Bonchev–Trinajstić information content (AvgIpc) is 1.45. The van der Waals surface area contributed by atoms with Gasteiger partial charge in [0.15, 0.2) is 0 Å². The first kappa shape index (κ1) is 25.0. The van der Waals surface area contributed by atoms with Gasteiger partial charge < -0.3 is 34.5 Å². The van der Waals surface area contributed by atoms with Crippen molar-refractivity contribution < 1.29 is 48.4 Å². The second-order valence-electron chi connectivity index (χ2n) is 1.50. The molecule has 0 aliphatic carbocycles. The molecule has 0 saturated carbocycles. The molecule has 0 fully saturated rings. The van der Waals surface area contributed by atoms with E-state index < -0.39 is 21.6 Å². The van der Waals surface area contributed by atoms with Crippen molar-refractivity contribution >= 4 is 59.4 Å². The number of carboxylic acids is 1. The summed E-state index contributed by atoms with van der Waals surface area (Å²) < 4.78 is 17.5. The van der Waals surface area contributed by atoms with Crippen molar-refractivity contribution in [1.29, 1.82) is 0 Å². The molecule has 15 heavy (non-hydrogen) atoms. The Morgan fingerprint density at radius 1 is 1.00 bits per heavy atom. The maximum Gasteiger partial charge on any atom is 2.00 e. The first-order chi connectivity index (χ1) is 5.73. The molecule has 0 aliphatic rings. The Hall–Kier alpha value is 0.950. The van der Waals surface area contributed by atoms with E-state index in [1.807, 2.05) is 0 Å². The summed E-state index contributed by atoms with van der Waals surface area (Å²) in [5.41, 5.74) is 0. The third-order valence-corrected chi connectivity index (χ3v) is 0. The molecule has 0 unspecified atom stereocenters. The van der Waals surface area contributed by atoms with Crippen LogP contribution in [0.3, 0.4) is 0 Å². The van der Waals surface area contributed by atoms with E-state index in [2.05, 4.69) is 0 Å². The van der Waals surface area contributed by atoms with Gasteiger partial charge in [-0.3, -0.25) is 13.9 Å². The molecule has 5 N–H and O–H groups in total. The van der Waals surface area contributed by atoms with Crippen molar-refractivity contribution in [3.8, 4) is 0 Å². The Balaban J connectivity index is -0.0000000590. The Morgan fingerprint density at radius 2 is 1.00 bits per heavy atom. The van der Waals surface area contributed by atoms with Crippen molar-refractivity contribution in [3.05, 3.63) is 0 Å². The SMILES string of the molecule is CC(=O)O.O=P([O-])(O)O.O=P([O-])(O)O.[Ca+2]. The van der Waals surface area contributed by atoms with Gasteiger partial charge in [0.05, 0.1) is 0 Å². The standard InChI is InChI=1S/C2H4O2.Ca.2H3O4P/c1-2(3)4;;2*1-5(2,3)4/h1H3,(H,3,4);;2*(H3,1,2,3,4)/q;+2;;/p-2. The minimum Gasteiger partial charge on any atom is -0.756 e. The van der Waals surface area contributed by atoms with Gasteiger partial charge in [0, 0.05) is 6.92 Å². The molecule has 0 spiro atoms. The van der Waals surface area contributed by atoms with Crippen LogP contribution < -0.4 is 9.79 Å². The van der Waals surface area contributed by atoms with E-state index in [1.54, 1.807) is 0 Å². The van der Waals surface area contributed by atoms with Gasteiger partial charge in [-0.05, 0) is 0 Å². The Bertz CT molecular complexity index is 197. The Labute approximate surface area is 114 Å². The van der Waals surface area contributed by atoms with E-state index in [0.717, 1.165) is 6.92 Å². The van der Waals surface area contributed by atoms with Crippen LogP contribution in [0.4, 0.5) is 0 Å². The van der Waals surface area contributed by atoms with Crippen LogP contribution in [0.1, 0.15) is 6.92 Å². The monoisotopic (exact) mass is 294 g/mol. The smallest absolute Gasteiger partial charge is 0.756 e. The number of carbonyl (C=O) groups is 1. The Kier molecular flexibility index (Phi) is 19.0. The van der Waals surface area contributed by atoms with Crippen LogP contribution in [-0.4, -0.2) is 68.4 Å². The van der Waals surface area contributed by atoms with E-state index in [1.165, 1.54) is 0 Å². The summed E-state index contributed by atoms with van der Waals surface area (Å²) in [5.74, 6) is -0.833. The van der Waals surface area contributed by atoms with Gasteiger partial charge in [-0.25, -0.2) is 0 Å². The summed E-state index contributed by atoms with van der Waals surface area (Å²) in [6.07, 6.45) is 0. The molecule has 0 heterocycles. The van der Waals surface area contributed by atoms with Crippen LogP contribution in [0.15, 0.2) is 0 Å². The van der Waals surface area contributed by atoms with Crippen molar-refractivity contribution in [2.45, 2.75) is 6.92 Å². The van der Waals surface area contributed by atoms with Crippen LogP contribution in [0.5, 0.6) is 0 Å². The van der Waals surface area contributed by atoms with Gasteiger partial charge in [-0.1, -0.05) is 0 Å². The molecule has 0 amide bonds. The molecule has 0 aromatic heterocycles. The van der Waals surface area contributed by atoms with E-state index in [0.29, 0.717) is 0 Å². The largest absolute Gasteiger partial charge is 2.00 e. The van der Waals surface area contributed by atoms with E-state index in [-0.39, 0.29) is 37.7 Å². The molecule has 0 aromatic carbocycles. The van der Waals surface area contributed by atoms with Gasteiger partial charge in [0.2, 0.25) is 0 Å². The molecule has 0 aliphatic heterocycles. The van der Waals surface area contributed by atoms with Crippen molar-refractivity contribution in [2.75, 3.05) is 0 Å². The first-order valence-corrected chi connectivity index (χ1v) is 5.52. The third kappa shape index (κ3) is 2780. The summed E-state index contributed by atoms with van der Waals surface area (Å²) >= 11 is 0. The average molecular weight is 294 g/mol. The molecule has 0 atom stereocenters. The van der Waals surface area contributed by atoms with Crippen LogP contribution >= 0.6 is 15.6 Å². The maximum atomic E-state index is 9.00. The van der Waals surface area contributed by atoms with Crippen LogP contribution in [0.2, 0.25) is 0 Å². The zero-order valence-corrected chi connectivity index (χ0v) is 11.4. The fraction of sp³-hybridized carbons (Fsp3) is 0.500. The van der Waals surface area contributed by atoms with Gasteiger partial charge in [0.1, 0.15) is 0 Å². The van der Waals surface area contributed by atoms with Crippen LogP contribution in [0.25, 0.3) is 0 Å². The van der Waals surface area contributed by atoms with E-state index in [9.17, 15) is 0 Å². The van der Waals surface area contributed by atoms with Crippen molar-refractivity contribution in [3.63, 3.8) is 0 Å². The van der Waals surface area contributed by atoms with Crippen LogP contribution in [-0.2, 0) is 13.9 Å². The molecule has 10 nitrogen and oxygen atoms in total. The zero-order chi connectivity index (χ0) is 12.6. The fourth-order valence-electron chi connectivity index (χ4n) is 0. The van der Waals surface area contributed by atoms with Gasteiger partial charge >= 0.3 is 37.7 Å². The van der Waals surface area contributed by atoms with Crippen molar-refractivity contribution in [2.24, 2.45) is 0 Å². The predicted molar refractivity (Wildman–Crippen MR) is 43.2 cm³/mol. The number of hydrogen-bond donors (Lipinski definition) is 5. The van der Waals surface area contributed by atoms with Crippen LogP contribution in [0, 0.1) is 0 Å². The molecule has 0 rings (SSSR count). The first-order valence-electron chi connectivity index (χ1n) is 2.46. The van der Waals surface area contributed by atoms with Gasteiger partial charge in [-0.2, -0.15) is 0 Å². The second kappa shape index (κ2) is 11.4. The molecule has 0 radical (unpaired) electrons. The minimum atomic E-state index is -4.89. The number of hydrogen-bond acceptors (Lipinski definition) is 5. The zero-order valence-electron chi connectivity index (χ0n) is 7.38. The number of rotatable bonds is 0. The maximum absolute atomic E-state index is 9.00. The molecule has 88 valence electrons. The molecule has 0 bridgehead atoms. The molecule has 0 aromatic rings. The van der Waals surface area contributed by atoms with Gasteiger partial charge in [0.25, 0.3) is 21.6 Å². The quantitative estimate of drug-likeness (QED) is 0.221. The Morgan fingerprint density at radius 3 is 1.00 bits per heavy atom. The van der Waals surface area contributed by atoms with Gasteiger partial charge in [-0.15, -0.1) is 0 Å². The topological polar surface area (TPSA) is 198 Å². The molecular weight excluding hydrogens is 286 g/mol. The number of carboxylic acid groups (broad SMARTS) is 1. The summed E-state index contributed by atoms with van der Waals surface area (Å²) in [5, 5.41) is 7.42. The third-order valence-electron chi connectivity index (χ3n) is 0. The van der Waals surface area contributed by atoms with E-state index >= 15 is 0 Å². The molecule has 0 saturated heterocycles. The van der Waals surface area contributed by atoms with Crippen molar-refractivity contribution in [1.82, 2.24) is 0 Å². The predicted octanol–water partition coefficient (Wildman–Crippen LogP) is -3.41. The van der Waals surface area contributed by atoms with E-state index in [4.69, 9.17) is 48.4 Å². The molecule has 13 heteroatoms. The summed E-state index contributed by atoms with van der Waals surface area (Å²) in [6, 6.07) is 0. The second-order valence-corrected chi connectivity index (χ2v) is 3.46. The summed E-state index contributed by atoms with van der Waals surface area (Å²) in [4.78, 5) is 54.8. The summed E-state index contributed by atoms with van der Waals surface area (Å²) in [7, 11) is -9.78. The normalized spacial score (nSPS) is 9.53.